The first-order chi connectivity index (χ1) is 9.61. The van der Waals surface area contributed by atoms with Crippen LogP contribution in [0, 0.1) is 0 Å². The fraction of sp³-hybridized carbons (Fsp3) is 0.154. The number of carbonyl (C=O) groups is 1. The van der Waals surface area contributed by atoms with Gasteiger partial charge in [-0.1, -0.05) is 6.07 Å². The molecule has 6 nitrogen and oxygen atoms in total. The second kappa shape index (κ2) is 6.33. The molecule has 1 aromatic carbocycles. The van der Waals surface area contributed by atoms with Crippen molar-refractivity contribution in [3.63, 3.8) is 0 Å². The summed E-state index contributed by atoms with van der Waals surface area (Å²) < 4.78 is 6.27. The first-order valence-electron chi connectivity index (χ1n) is 5.95. The second-order valence-electron chi connectivity index (χ2n) is 3.88. The molecule has 104 valence electrons. The van der Waals surface area contributed by atoms with Gasteiger partial charge in [-0.05, 0) is 41.1 Å². The van der Waals surface area contributed by atoms with Crippen LogP contribution in [0.15, 0.2) is 34.8 Å². The fourth-order valence-corrected chi connectivity index (χ4v) is 1.95. The van der Waals surface area contributed by atoms with E-state index in [9.17, 15) is 4.79 Å². The third kappa shape index (κ3) is 3.24. The van der Waals surface area contributed by atoms with Gasteiger partial charge >= 0.3 is 0 Å². The molecule has 0 aliphatic carbocycles. The van der Waals surface area contributed by atoms with Crippen LogP contribution in [-0.2, 0) is 0 Å². The van der Waals surface area contributed by atoms with Crippen LogP contribution < -0.4 is 15.8 Å². The summed E-state index contributed by atoms with van der Waals surface area (Å²) in [6.07, 6.45) is 0. The molecule has 0 fully saturated rings. The number of nitrogens with two attached hydrogens (primary N) is 1. The van der Waals surface area contributed by atoms with E-state index in [2.05, 4.69) is 31.4 Å². The zero-order chi connectivity index (χ0) is 14.5. The SMILES string of the molecule is CCNC(=O)c1ccc(Oc2c(N)cccc2Br)nn1. The molecule has 0 aliphatic rings. The summed E-state index contributed by atoms with van der Waals surface area (Å²) in [5.74, 6) is 0.455. The number of aromatic nitrogens is 2. The van der Waals surface area contributed by atoms with Crippen LogP contribution in [0.2, 0.25) is 0 Å². The number of nitrogen functional groups attached to an aromatic ring is 1. The molecule has 0 spiro atoms. The minimum Gasteiger partial charge on any atom is -0.434 e. The summed E-state index contributed by atoms with van der Waals surface area (Å²) in [7, 11) is 0. The van der Waals surface area contributed by atoms with E-state index in [1.54, 1.807) is 24.3 Å². The van der Waals surface area contributed by atoms with Gasteiger partial charge in [0.05, 0.1) is 10.2 Å². The third-order valence-electron chi connectivity index (χ3n) is 2.41. The molecule has 1 heterocycles. The lowest BCUT2D eigenvalue weighted by molar-refractivity contribution is 0.0949. The van der Waals surface area contributed by atoms with Crippen LogP contribution >= 0.6 is 15.9 Å². The number of para-hydroxylation sites is 1. The van der Waals surface area contributed by atoms with Gasteiger partial charge < -0.3 is 15.8 Å². The Balaban J connectivity index is 2.17. The molecule has 7 heteroatoms. The number of nitrogens with zero attached hydrogens (tertiary/aromatic N) is 2. The van der Waals surface area contributed by atoms with Crippen molar-refractivity contribution in [2.75, 3.05) is 12.3 Å². The summed E-state index contributed by atoms with van der Waals surface area (Å²) in [6, 6.07) is 8.44. The Labute approximate surface area is 124 Å². The van der Waals surface area contributed by atoms with Crippen molar-refractivity contribution in [3.8, 4) is 11.6 Å². The Morgan fingerprint density at radius 1 is 1.35 bits per heavy atom. The van der Waals surface area contributed by atoms with Crippen LogP contribution in [0.3, 0.4) is 0 Å². The zero-order valence-corrected chi connectivity index (χ0v) is 12.3. The zero-order valence-electron chi connectivity index (χ0n) is 10.8. The van der Waals surface area contributed by atoms with Gasteiger partial charge in [-0.15, -0.1) is 10.2 Å². The number of halogens is 1. The van der Waals surface area contributed by atoms with E-state index < -0.39 is 0 Å². The number of anilines is 1. The molecule has 0 unspecified atom stereocenters. The lowest BCUT2D eigenvalue weighted by atomic mass is 10.3. The quantitative estimate of drug-likeness (QED) is 0.836. The smallest absolute Gasteiger partial charge is 0.271 e. The number of carbonyl (C=O) groups excluding carboxylic acids is 1. The van der Waals surface area contributed by atoms with Gasteiger partial charge in [0.15, 0.2) is 11.4 Å². The first kappa shape index (κ1) is 14.3. The minimum absolute atomic E-state index is 0.235. The predicted octanol–water partition coefficient (Wildman–Crippen LogP) is 2.36. The average molecular weight is 337 g/mol. The molecule has 0 saturated heterocycles. The second-order valence-corrected chi connectivity index (χ2v) is 4.73. The molecule has 0 aliphatic heterocycles. The Morgan fingerprint density at radius 2 is 2.15 bits per heavy atom. The van der Waals surface area contributed by atoms with E-state index in [0.717, 1.165) is 0 Å². The third-order valence-corrected chi connectivity index (χ3v) is 3.04. The Bertz CT molecular complexity index is 596. The number of hydrogen-bond acceptors (Lipinski definition) is 5. The minimum atomic E-state index is -0.271. The van der Waals surface area contributed by atoms with E-state index in [1.165, 1.54) is 0 Å². The summed E-state index contributed by atoms with van der Waals surface area (Å²) in [4.78, 5) is 11.5. The number of rotatable bonds is 4. The van der Waals surface area contributed by atoms with E-state index in [-0.39, 0.29) is 17.5 Å². The first-order valence-corrected chi connectivity index (χ1v) is 6.75. The molecule has 0 atom stereocenters. The van der Waals surface area contributed by atoms with Gasteiger partial charge in [0, 0.05) is 12.6 Å². The van der Waals surface area contributed by atoms with Crippen LogP contribution in [0.25, 0.3) is 0 Å². The van der Waals surface area contributed by atoms with Crippen LogP contribution in [0.5, 0.6) is 11.6 Å². The predicted molar refractivity (Wildman–Crippen MR) is 78.7 cm³/mol. The highest BCUT2D eigenvalue weighted by Crippen LogP contribution is 2.33. The van der Waals surface area contributed by atoms with Gasteiger partial charge in [-0.2, -0.15) is 0 Å². The number of amides is 1. The van der Waals surface area contributed by atoms with Crippen molar-refractivity contribution in [1.29, 1.82) is 0 Å². The summed E-state index contributed by atoms with van der Waals surface area (Å²) in [5, 5.41) is 10.3. The highest BCUT2D eigenvalue weighted by atomic mass is 79.9. The van der Waals surface area contributed by atoms with E-state index in [1.807, 2.05) is 13.0 Å². The monoisotopic (exact) mass is 336 g/mol. The van der Waals surface area contributed by atoms with E-state index >= 15 is 0 Å². The average Bonchev–Trinajstić information content (AvgIpc) is 2.44. The fourth-order valence-electron chi connectivity index (χ4n) is 1.48. The maximum absolute atomic E-state index is 11.5. The van der Waals surface area contributed by atoms with Crippen molar-refractivity contribution in [2.45, 2.75) is 6.92 Å². The molecule has 0 saturated carbocycles. The normalized spacial score (nSPS) is 10.1. The van der Waals surface area contributed by atoms with Gasteiger partial charge in [0.1, 0.15) is 0 Å². The molecule has 0 radical (unpaired) electrons. The van der Waals surface area contributed by atoms with Crippen LogP contribution in [-0.4, -0.2) is 22.6 Å². The molecular formula is C13H13BrN4O2. The van der Waals surface area contributed by atoms with Crippen molar-refractivity contribution in [3.05, 3.63) is 40.5 Å². The summed E-state index contributed by atoms with van der Waals surface area (Å²) in [6.45, 7) is 2.37. The van der Waals surface area contributed by atoms with Crippen LogP contribution in [0.4, 0.5) is 5.69 Å². The maximum atomic E-state index is 11.5. The number of benzene rings is 1. The highest BCUT2D eigenvalue weighted by molar-refractivity contribution is 9.10. The molecule has 2 rings (SSSR count). The molecule has 3 N–H and O–H groups in total. The topological polar surface area (TPSA) is 90.1 Å². The number of nitrogens with one attached hydrogen (secondary N) is 1. The van der Waals surface area contributed by atoms with Gasteiger partial charge in [-0.3, -0.25) is 4.79 Å². The Morgan fingerprint density at radius 3 is 2.75 bits per heavy atom. The summed E-state index contributed by atoms with van der Waals surface area (Å²) >= 11 is 3.35. The molecule has 1 amide bonds. The largest absolute Gasteiger partial charge is 0.434 e. The van der Waals surface area contributed by atoms with Crippen LogP contribution in [0.1, 0.15) is 17.4 Å². The van der Waals surface area contributed by atoms with Crippen molar-refractivity contribution in [1.82, 2.24) is 15.5 Å². The van der Waals surface area contributed by atoms with E-state index in [4.69, 9.17) is 10.5 Å². The van der Waals surface area contributed by atoms with Crippen molar-refractivity contribution >= 4 is 27.5 Å². The molecular weight excluding hydrogens is 324 g/mol. The molecule has 20 heavy (non-hydrogen) atoms. The van der Waals surface area contributed by atoms with Crippen molar-refractivity contribution < 1.29 is 9.53 Å². The lowest BCUT2D eigenvalue weighted by Crippen LogP contribution is -2.23. The standard InChI is InChI=1S/C13H13BrN4O2/c1-2-16-13(19)10-6-7-11(18-17-10)20-12-8(14)4-3-5-9(12)15/h3-7H,2,15H2,1H3,(H,16,19). The van der Waals surface area contributed by atoms with Gasteiger partial charge in [-0.25, -0.2) is 0 Å². The number of hydrogen-bond donors (Lipinski definition) is 2. The lowest BCUT2D eigenvalue weighted by Gasteiger charge is -2.09. The van der Waals surface area contributed by atoms with Gasteiger partial charge in [0.25, 0.3) is 5.91 Å². The van der Waals surface area contributed by atoms with Crippen molar-refractivity contribution in [2.24, 2.45) is 0 Å². The van der Waals surface area contributed by atoms with Gasteiger partial charge in [0.2, 0.25) is 5.88 Å². The number of ether oxygens (including phenoxy) is 1. The molecule has 1 aromatic heterocycles. The Kier molecular flexibility index (Phi) is 4.52. The Hall–Kier alpha value is -2.15. The highest BCUT2D eigenvalue weighted by Gasteiger charge is 2.10. The molecule has 0 bridgehead atoms. The summed E-state index contributed by atoms with van der Waals surface area (Å²) in [5.41, 5.74) is 6.54. The van der Waals surface area contributed by atoms with E-state index in [0.29, 0.717) is 22.5 Å². The maximum Gasteiger partial charge on any atom is 0.271 e. The molecule has 2 aromatic rings.